The molecule has 3 heterocycles. The van der Waals surface area contributed by atoms with E-state index in [9.17, 15) is 0 Å². The second kappa shape index (κ2) is 11.5. The molecule has 0 saturated carbocycles. The molecule has 3 aromatic heterocycles. The minimum Gasteiger partial charge on any atom is -0.310 e. The monoisotopic (exact) mass is 722 g/mol. The van der Waals surface area contributed by atoms with Crippen LogP contribution in [0.25, 0.3) is 89.4 Å². The Kier molecular flexibility index (Phi) is 6.41. The van der Waals surface area contributed by atoms with Gasteiger partial charge in [0.25, 0.3) is 0 Å². The van der Waals surface area contributed by atoms with Crippen molar-refractivity contribution < 1.29 is 0 Å². The molecule has 0 N–H and O–H groups in total. The Hall–Kier alpha value is -6.46. The van der Waals surface area contributed by atoms with Crippen molar-refractivity contribution >= 4 is 123 Å². The van der Waals surface area contributed by atoms with Crippen LogP contribution in [-0.2, 0) is 0 Å². The molecule has 0 unspecified atom stereocenters. The lowest BCUT2D eigenvalue weighted by atomic mass is 10.0. The number of nitrogens with zero attached hydrogens (tertiary/aromatic N) is 2. The van der Waals surface area contributed by atoms with E-state index in [0.717, 1.165) is 22.7 Å². The number of para-hydroxylation sites is 1. The smallest absolute Gasteiger partial charge is 0.0547 e. The minimum atomic E-state index is 1.13. The second-order valence-electron chi connectivity index (χ2n) is 14.1. The molecule has 0 aliphatic heterocycles. The zero-order valence-corrected chi connectivity index (χ0v) is 30.7. The lowest BCUT2D eigenvalue weighted by Gasteiger charge is -2.27. The van der Waals surface area contributed by atoms with Crippen molar-refractivity contribution in [1.82, 2.24) is 4.57 Å². The highest BCUT2D eigenvalue weighted by Gasteiger charge is 2.21. The van der Waals surface area contributed by atoms with Crippen LogP contribution in [0.4, 0.5) is 17.1 Å². The molecule has 0 saturated heterocycles. The van der Waals surface area contributed by atoms with Gasteiger partial charge in [-0.15, -0.1) is 22.7 Å². The van der Waals surface area contributed by atoms with Gasteiger partial charge >= 0.3 is 0 Å². The lowest BCUT2D eigenvalue weighted by Crippen LogP contribution is -2.10. The first kappa shape index (κ1) is 30.0. The summed E-state index contributed by atoms with van der Waals surface area (Å²) in [5.74, 6) is 0. The van der Waals surface area contributed by atoms with Gasteiger partial charge in [-0.1, -0.05) is 109 Å². The SMILES string of the molecule is c1ccc(-n2c3ccc(N(c4ccc5c(c4)sc4ccccc45)c4cccc5ccccc45)cc3c3cc4c(ccc5c6ccccc6sc45)cc32)cc1. The molecule has 4 heteroatoms. The molecule has 0 radical (unpaired) electrons. The van der Waals surface area contributed by atoms with Crippen LogP contribution in [0.2, 0.25) is 0 Å². The third-order valence-corrected chi connectivity index (χ3v) is 13.5. The maximum Gasteiger partial charge on any atom is 0.0547 e. The maximum atomic E-state index is 2.46. The number of hydrogen-bond acceptors (Lipinski definition) is 3. The third kappa shape index (κ3) is 4.38. The summed E-state index contributed by atoms with van der Waals surface area (Å²) in [5, 5.41) is 12.8. The Labute approximate surface area is 319 Å². The number of thiophene rings is 2. The number of rotatable bonds is 4. The summed E-state index contributed by atoms with van der Waals surface area (Å²) in [6.07, 6.45) is 0. The standard InChI is InChI=1S/C50H30N2S2/c1-2-13-33(14-3-1)52-45-26-23-34(28-42(45)43-30-41-32(27-46(43)52)21-24-40-38-17-7-9-20-48(38)54-50(40)41)51(44-18-10-12-31-11-4-5-15-36(31)44)35-22-25-39-37-16-6-8-19-47(37)53-49(39)29-35/h1-30H. The minimum absolute atomic E-state index is 1.13. The van der Waals surface area contributed by atoms with E-state index >= 15 is 0 Å². The summed E-state index contributed by atoms with van der Waals surface area (Å²) in [6, 6.07) is 67.3. The molecule has 0 aliphatic rings. The lowest BCUT2D eigenvalue weighted by molar-refractivity contribution is 1.18. The Morgan fingerprint density at radius 3 is 1.87 bits per heavy atom. The number of benzene rings is 9. The second-order valence-corrected chi connectivity index (χ2v) is 16.3. The van der Waals surface area contributed by atoms with Crippen LogP contribution in [-0.4, -0.2) is 4.57 Å². The molecule has 54 heavy (non-hydrogen) atoms. The number of anilines is 3. The summed E-state index contributed by atoms with van der Waals surface area (Å²) in [7, 11) is 0. The highest BCUT2D eigenvalue weighted by atomic mass is 32.1. The molecule has 0 bridgehead atoms. The number of hydrogen-bond donors (Lipinski definition) is 0. The maximum absolute atomic E-state index is 2.46. The van der Waals surface area contributed by atoms with Crippen LogP contribution < -0.4 is 4.90 Å². The van der Waals surface area contributed by atoms with Gasteiger partial charge in [-0.3, -0.25) is 0 Å². The largest absolute Gasteiger partial charge is 0.310 e. The predicted octanol–water partition coefficient (Wildman–Crippen LogP) is 15.3. The van der Waals surface area contributed by atoms with Crippen molar-refractivity contribution in [3.05, 3.63) is 182 Å². The third-order valence-electron chi connectivity index (χ3n) is 11.1. The van der Waals surface area contributed by atoms with Crippen molar-refractivity contribution in [3.63, 3.8) is 0 Å². The summed E-state index contributed by atoms with van der Waals surface area (Å²) < 4.78 is 7.72. The highest BCUT2D eigenvalue weighted by molar-refractivity contribution is 7.26. The average molecular weight is 723 g/mol. The van der Waals surface area contributed by atoms with Gasteiger partial charge < -0.3 is 9.47 Å². The van der Waals surface area contributed by atoms with E-state index in [1.807, 2.05) is 22.7 Å². The first-order chi connectivity index (χ1) is 26.8. The van der Waals surface area contributed by atoms with Gasteiger partial charge in [-0.25, -0.2) is 0 Å². The number of aromatic nitrogens is 1. The van der Waals surface area contributed by atoms with E-state index in [1.54, 1.807) is 0 Å². The normalized spacial score (nSPS) is 12.1. The molecule has 0 spiro atoms. The first-order valence-corrected chi connectivity index (χ1v) is 20.0. The zero-order valence-electron chi connectivity index (χ0n) is 29.0. The van der Waals surface area contributed by atoms with E-state index in [4.69, 9.17) is 0 Å². The van der Waals surface area contributed by atoms with E-state index in [1.165, 1.54) is 83.7 Å². The summed E-state index contributed by atoms with van der Waals surface area (Å²) >= 11 is 3.77. The fourth-order valence-corrected chi connectivity index (χ4v) is 11.1. The van der Waals surface area contributed by atoms with Crippen molar-refractivity contribution in [2.24, 2.45) is 0 Å². The first-order valence-electron chi connectivity index (χ1n) is 18.3. The molecule has 0 aliphatic carbocycles. The molecule has 0 fully saturated rings. The molecule has 12 rings (SSSR count). The van der Waals surface area contributed by atoms with Crippen LogP contribution in [0.3, 0.4) is 0 Å². The van der Waals surface area contributed by atoms with Crippen LogP contribution in [0.15, 0.2) is 182 Å². The van der Waals surface area contributed by atoms with Gasteiger partial charge in [0.2, 0.25) is 0 Å². The molecule has 252 valence electrons. The Bertz CT molecular complexity index is 3450. The topological polar surface area (TPSA) is 8.17 Å². The number of fused-ring (bicyclic) bond motifs is 12. The summed E-state index contributed by atoms with van der Waals surface area (Å²) in [6.45, 7) is 0. The molecule has 0 atom stereocenters. The van der Waals surface area contributed by atoms with Gasteiger partial charge in [-0.05, 0) is 83.6 Å². The van der Waals surface area contributed by atoms with Gasteiger partial charge in [0.05, 0.1) is 16.7 Å². The van der Waals surface area contributed by atoms with Crippen LogP contribution in [0.5, 0.6) is 0 Å². The van der Waals surface area contributed by atoms with Crippen molar-refractivity contribution in [2.45, 2.75) is 0 Å². The summed E-state index contributed by atoms with van der Waals surface area (Å²) in [5.41, 5.74) is 7.01. The Morgan fingerprint density at radius 2 is 1.00 bits per heavy atom. The Balaban J connectivity index is 1.16. The zero-order chi connectivity index (χ0) is 35.3. The van der Waals surface area contributed by atoms with E-state index < -0.39 is 0 Å². The van der Waals surface area contributed by atoms with Crippen LogP contribution in [0, 0.1) is 0 Å². The van der Waals surface area contributed by atoms with Gasteiger partial charge in [0.15, 0.2) is 0 Å². The van der Waals surface area contributed by atoms with Crippen molar-refractivity contribution in [3.8, 4) is 5.69 Å². The fraction of sp³-hybridized carbons (Fsp3) is 0. The fourth-order valence-electron chi connectivity index (χ4n) is 8.69. The van der Waals surface area contributed by atoms with E-state index in [0.29, 0.717) is 0 Å². The van der Waals surface area contributed by atoms with Gasteiger partial charge in [0, 0.05) is 79.0 Å². The van der Waals surface area contributed by atoms with E-state index in [-0.39, 0.29) is 0 Å². The quantitative estimate of drug-likeness (QED) is 0.176. The molecule has 12 aromatic rings. The predicted molar refractivity (Wildman–Crippen MR) is 236 cm³/mol. The van der Waals surface area contributed by atoms with Crippen LogP contribution >= 0.6 is 22.7 Å². The summed E-state index contributed by atoms with van der Waals surface area (Å²) in [4.78, 5) is 2.46. The molecular weight excluding hydrogens is 693 g/mol. The molecular formula is C50H30N2S2. The van der Waals surface area contributed by atoms with Crippen molar-refractivity contribution in [2.75, 3.05) is 4.90 Å². The van der Waals surface area contributed by atoms with Gasteiger partial charge in [0.1, 0.15) is 0 Å². The Morgan fingerprint density at radius 1 is 0.352 bits per heavy atom. The van der Waals surface area contributed by atoms with E-state index in [2.05, 4.69) is 191 Å². The highest BCUT2D eigenvalue weighted by Crippen LogP contribution is 2.46. The van der Waals surface area contributed by atoms with Crippen LogP contribution in [0.1, 0.15) is 0 Å². The van der Waals surface area contributed by atoms with Gasteiger partial charge in [-0.2, -0.15) is 0 Å². The molecule has 2 nitrogen and oxygen atoms in total. The van der Waals surface area contributed by atoms with Crippen molar-refractivity contribution in [1.29, 1.82) is 0 Å². The molecule has 9 aromatic carbocycles. The average Bonchev–Trinajstić information content (AvgIpc) is 3.90. The molecule has 0 amide bonds.